The van der Waals surface area contributed by atoms with Gasteiger partial charge in [-0.3, -0.25) is 9.89 Å². The van der Waals surface area contributed by atoms with Gasteiger partial charge in [0.05, 0.1) is 6.67 Å². The largest absolute Gasteiger partial charge is 0.338 e. The Hall–Kier alpha value is -1.59. The molecular formula is C6H9N5O. The number of carbonyl (C=O) groups is 1. The van der Waals surface area contributed by atoms with Crippen molar-refractivity contribution in [2.75, 3.05) is 25.7 Å². The summed E-state index contributed by atoms with van der Waals surface area (Å²) in [6, 6.07) is 0. The average Bonchev–Trinajstić information content (AvgIpc) is 2.48. The summed E-state index contributed by atoms with van der Waals surface area (Å²) < 4.78 is 0. The lowest BCUT2D eigenvalue weighted by molar-refractivity contribution is 0.0778. The predicted octanol–water partition coefficient (Wildman–Crippen LogP) is -0.716. The highest BCUT2D eigenvalue weighted by molar-refractivity contribution is 5.98. The molecule has 0 spiro atoms. The molecule has 1 aromatic rings. The molecule has 1 aliphatic heterocycles. The van der Waals surface area contributed by atoms with Crippen LogP contribution in [0.2, 0.25) is 0 Å². The summed E-state index contributed by atoms with van der Waals surface area (Å²) in [5.41, 5.74) is 0.464. The van der Waals surface area contributed by atoms with Gasteiger partial charge in [0.25, 0.3) is 5.91 Å². The summed E-state index contributed by atoms with van der Waals surface area (Å²) in [6.07, 6.45) is 0. The van der Waals surface area contributed by atoms with Crippen LogP contribution in [-0.2, 0) is 0 Å². The molecule has 0 aliphatic carbocycles. The molecular weight excluding hydrogens is 158 g/mol. The maximum absolute atomic E-state index is 11.4. The van der Waals surface area contributed by atoms with E-state index in [0.717, 1.165) is 0 Å². The minimum atomic E-state index is -0.0619. The highest BCUT2D eigenvalue weighted by Gasteiger charge is 2.27. The Bertz CT molecular complexity index is 319. The van der Waals surface area contributed by atoms with Crippen molar-refractivity contribution in [3.8, 4) is 0 Å². The van der Waals surface area contributed by atoms with Crippen molar-refractivity contribution in [2.45, 2.75) is 0 Å². The van der Waals surface area contributed by atoms with Crippen LogP contribution in [0.4, 0.5) is 5.82 Å². The average molecular weight is 167 g/mol. The normalized spacial score (nSPS) is 16.7. The van der Waals surface area contributed by atoms with Crippen molar-refractivity contribution in [2.24, 2.45) is 0 Å². The Kier molecular flexibility index (Phi) is 1.30. The minimum Gasteiger partial charge on any atom is -0.338 e. The van der Waals surface area contributed by atoms with Gasteiger partial charge >= 0.3 is 0 Å². The highest BCUT2D eigenvalue weighted by atomic mass is 16.2. The summed E-state index contributed by atoms with van der Waals surface area (Å²) in [4.78, 5) is 14.9. The van der Waals surface area contributed by atoms with E-state index in [2.05, 4.69) is 15.4 Å². The number of anilines is 1. The van der Waals surface area contributed by atoms with Crippen molar-refractivity contribution in [3.05, 3.63) is 5.69 Å². The van der Waals surface area contributed by atoms with Crippen molar-refractivity contribution in [1.29, 1.82) is 0 Å². The number of amides is 1. The quantitative estimate of drug-likeness (QED) is 0.554. The molecule has 1 N–H and O–H groups in total. The van der Waals surface area contributed by atoms with Gasteiger partial charge in [0.15, 0.2) is 11.5 Å². The van der Waals surface area contributed by atoms with Crippen LogP contribution in [0, 0.1) is 0 Å². The molecule has 2 rings (SSSR count). The van der Waals surface area contributed by atoms with Crippen molar-refractivity contribution < 1.29 is 4.79 Å². The number of hydrogen-bond acceptors (Lipinski definition) is 4. The van der Waals surface area contributed by atoms with Crippen LogP contribution < -0.4 is 4.90 Å². The van der Waals surface area contributed by atoms with Gasteiger partial charge in [-0.15, -0.1) is 5.10 Å². The predicted molar refractivity (Wildman–Crippen MR) is 41.7 cm³/mol. The third-order valence-electron chi connectivity index (χ3n) is 1.88. The fourth-order valence-corrected chi connectivity index (χ4v) is 1.27. The molecule has 1 aliphatic rings. The topological polar surface area (TPSA) is 65.1 Å². The molecule has 0 saturated heterocycles. The molecule has 1 aromatic heterocycles. The van der Waals surface area contributed by atoms with Gasteiger partial charge in [-0.1, -0.05) is 5.21 Å². The van der Waals surface area contributed by atoms with Crippen LogP contribution in [0.15, 0.2) is 0 Å². The minimum absolute atomic E-state index is 0.0619. The number of fused-ring (bicyclic) bond motifs is 1. The molecule has 12 heavy (non-hydrogen) atoms. The first kappa shape index (κ1) is 7.08. The summed E-state index contributed by atoms with van der Waals surface area (Å²) >= 11 is 0. The first-order valence-corrected chi connectivity index (χ1v) is 3.58. The second-order valence-corrected chi connectivity index (χ2v) is 2.85. The number of hydrogen-bond donors (Lipinski definition) is 1. The molecule has 0 unspecified atom stereocenters. The molecule has 0 fully saturated rings. The van der Waals surface area contributed by atoms with E-state index in [0.29, 0.717) is 18.2 Å². The molecule has 0 atom stereocenters. The Morgan fingerprint density at radius 3 is 2.92 bits per heavy atom. The number of nitrogens with zero attached hydrogens (tertiary/aromatic N) is 4. The maximum atomic E-state index is 11.4. The van der Waals surface area contributed by atoms with Gasteiger partial charge in [0, 0.05) is 14.1 Å². The van der Waals surface area contributed by atoms with Crippen LogP contribution in [0.3, 0.4) is 0 Å². The number of aromatic nitrogens is 3. The zero-order valence-electron chi connectivity index (χ0n) is 6.90. The monoisotopic (exact) mass is 167 g/mol. The molecule has 2 heterocycles. The lowest BCUT2D eigenvalue weighted by Gasteiger charge is -2.29. The summed E-state index contributed by atoms with van der Waals surface area (Å²) in [5.74, 6) is 0.561. The van der Waals surface area contributed by atoms with E-state index in [9.17, 15) is 4.79 Å². The van der Waals surface area contributed by atoms with Gasteiger partial charge in [-0.2, -0.15) is 0 Å². The smallest absolute Gasteiger partial charge is 0.276 e. The standard InChI is InChI=1S/C6H9N5O/c1-10-3-11(2)6(12)4-5(10)8-9-7-4/h3H2,1-2H3,(H,7,8,9). The van der Waals surface area contributed by atoms with Gasteiger partial charge < -0.3 is 9.80 Å². The molecule has 0 saturated carbocycles. The second kappa shape index (κ2) is 2.20. The Morgan fingerprint density at radius 2 is 2.17 bits per heavy atom. The number of carbonyl (C=O) groups excluding carboxylic acids is 1. The third kappa shape index (κ3) is 0.775. The number of aromatic amines is 1. The number of H-pyrrole nitrogens is 1. The van der Waals surface area contributed by atoms with Crippen molar-refractivity contribution in [1.82, 2.24) is 20.3 Å². The lowest BCUT2D eigenvalue weighted by Crippen LogP contribution is -2.42. The molecule has 0 aromatic carbocycles. The van der Waals surface area contributed by atoms with Crippen molar-refractivity contribution in [3.63, 3.8) is 0 Å². The van der Waals surface area contributed by atoms with E-state index in [1.165, 1.54) is 0 Å². The van der Waals surface area contributed by atoms with Gasteiger partial charge in [0.2, 0.25) is 0 Å². The molecule has 64 valence electrons. The first-order valence-electron chi connectivity index (χ1n) is 3.58. The zero-order valence-corrected chi connectivity index (χ0v) is 6.90. The molecule has 1 amide bonds. The van der Waals surface area contributed by atoms with Crippen LogP contribution >= 0.6 is 0 Å². The van der Waals surface area contributed by atoms with Crippen LogP contribution in [0.25, 0.3) is 0 Å². The van der Waals surface area contributed by atoms with Gasteiger partial charge in [-0.05, 0) is 0 Å². The SMILES string of the molecule is CN1CN(C)c2nn[nH]c2C1=O. The maximum Gasteiger partial charge on any atom is 0.276 e. The third-order valence-corrected chi connectivity index (χ3v) is 1.88. The first-order chi connectivity index (χ1) is 5.70. The van der Waals surface area contributed by atoms with E-state index >= 15 is 0 Å². The Balaban J connectivity index is 2.50. The zero-order chi connectivity index (χ0) is 8.72. The van der Waals surface area contributed by atoms with Gasteiger partial charge in [-0.25, -0.2) is 0 Å². The van der Waals surface area contributed by atoms with Gasteiger partial charge in [0.1, 0.15) is 0 Å². The van der Waals surface area contributed by atoms with Crippen LogP contribution in [0.5, 0.6) is 0 Å². The van der Waals surface area contributed by atoms with E-state index < -0.39 is 0 Å². The fraction of sp³-hybridized carbons (Fsp3) is 0.500. The fourth-order valence-electron chi connectivity index (χ4n) is 1.27. The van der Waals surface area contributed by atoms with E-state index in [1.807, 2.05) is 11.9 Å². The summed E-state index contributed by atoms with van der Waals surface area (Å²) in [6.45, 7) is 0.554. The molecule has 6 nitrogen and oxygen atoms in total. The summed E-state index contributed by atoms with van der Waals surface area (Å²) in [7, 11) is 3.60. The van der Waals surface area contributed by atoms with Crippen molar-refractivity contribution >= 4 is 11.7 Å². The van der Waals surface area contributed by atoms with E-state index in [-0.39, 0.29) is 5.91 Å². The molecule has 0 radical (unpaired) electrons. The Labute approximate surface area is 69.2 Å². The molecule has 0 bridgehead atoms. The summed E-state index contributed by atoms with van der Waals surface area (Å²) in [5, 5.41) is 9.94. The Morgan fingerprint density at radius 1 is 1.42 bits per heavy atom. The molecule has 6 heteroatoms. The van der Waals surface area contributed by atoms with E-state index in [1.54, 1.807) is 11.9 Å². The van der Waals surface area contributed by atoms with Crippen LogP contribution in [-0.4, -0.2) is 47.0 Å². The lowest BCUT2D eigenvalue weighted by atomic mass is 10.3. The second-order valence-electron chi connectivity index (χ2n) is 2.85. The highest BCUT2D eigenvalue weighted by Crippen LogP contribution is 2.19. The number of rotatable bonds is 0. The van der Waals surface area contributed by atoms with E-state index in [4.69, 9.17) is 0 Å². The van der Waals surface area contributed by atoms with Crippen LogP contribution in [0.1, 0.15) is 10.5 Å². The number of nitrogens with one attached hydrogen (secondary N) is 1.